The summed E-state index contributed by atoms with van der Waals surface area (Å²) >= 11 is 6.26. The molecule has 3 aromatic rings. The fourth-order valence-corrected chi connectivity index (χ4v) is 3.11. The summed E-state index contributed by atoms with van der Waals surface area (Å²) in [6.45, 7) is 2.58. The SMILES string of the molecule is CCc1nnc2n1-c1ccc(Cl)cc1C(c1ccccc1)=NC2. The van der Waals surface area contributed by atoms with Gasteiger partial charge in [0, 0.05) is 22.6 Å². The first-order valence-corrected chi connectivity index (χ1v) is 7.99. The molecule has 4 nitrogen and oxygen atoms in total. The van der Waals surface area contributed by atoms with E-state index in [4.69, 9.17) is 16.6 Å². The summed E-state index contributed by atoms with van der Waals surface area (Å²) < 4.78 is 2.10. The molecule has 2 heterocycles. The normalized spacial score (nSPS) is 13.0. The van der Waals surface area contributed by atoms with Crippen LogP contribution in [0.25, 0.3) is 5.69 Å². The Morgan fingerprint density at radius 1 is 1.09 bits per heavy atom. The first-order chi connectivity index (χ1) is 11.3. The minimum absolute atomic E-state index is 0.503. The van der Waals surface area contributed by atoms with Crippen LogP contribution >= 0.6 is 11.6 Å². The maximum atomic E-state index is 6.26. The van der Waals surface area contributed by atoms with Gasteiger partial charge < -0.3 is 0 Å². The number of rotatable bonds is 2. The second-order valence-corrected chi connectivity index (χ2v) is 5.85. The molecule has 0 spiro atoms. The molecule has 4 rings (SSSR count). The van der Waals surface area contributed by atoms with Gasteiger partial charge in [0.05, 0.1) is 11.4 Å². The average Bonchev–Trinajstić information content (AvgIpc) is 2.92. The Bertz CT molecular complexity index is 897. The van der Waals surface area contributed by atoms with Crippen molar-refractivity contribution in [2.75, 3.05) is 0 Å². The van der Waals surface area contributed by atoms with Crippen molar-refractivity contribution >= 4 is 17.3 Å². The van der Waals surface area contributed by atoms with Crippen LogP contribution in [0.3, 0.4) is 0 Å². The van der Waals surface area contributed by atoms with Crippen molar-refractivity contribution in [3.8, 4) is 5.69 Å². The van der Waals surface area contributed by atoms with Crippen LogP contribution in [0.15, 0.2) is 53.5 Å². The molecule has 0 bridgehead atoms. The zero-order chi connectivity index (χ0) is 15.8. The van der Waals surface area contributed by atoms with Gasteiger partial charge >= 0.3 is 0 Å². The van der Waals surface area contributed by atoms with Gasteiger partial charge in [-0.25, -0.2) is 0 Å². The van der Waals surface area contributed by atoms with E-state index in [0.29, 0.717) is 11.6 Å². The quantitative estimate of drug-likeness (QED) is 0.719. The molecule has 1 aromatic heterocycles. The van der Waals surface area contributed by atoms with Gasteiger partial charge in [-0.3, -0.25) is 9.56 Å². The van der Waals surface area contributed by atoms with Gasteiger partial charge in [-0.1, -0.05) is 48.9 Å². The van der Waals surface area contributed by atoms with Crippen LogP contribution in [0.2, 0.25) is 5.02 Å². The standard InChI is InChI=1S/C18H15ClN4/c1-2-16-21-22-17-11-20-18(12-6-4-3-5-7-12)14-10-13(19)8-9-15(14)23(16)17/h3-10H,2,11H2,1H3. The Kier molecular flexibility index (Phi) is 3.46. The lowest BCUT2D eigenvalue weighted by Gasteiger charge is -2.13. The smallest absolute Gasteiger partial charge is 0.159 e. The molecule has 5 heteroatoms. The Morgan fingerprint density at radius 2 is 1.91 bits per heavy atom. The summed E-state index contributed by atoms with van der Waals surface area (Å²) in [4.78, 5) is 4.80. The van der Waals surface area contributed by atoms with Crippen LogP contribution in [0.5, 0.6) is 0 Å². The number of halogens is 1. The van der Waals surface area contributed by atoms with E-state index < -0.39 is 0 Å². The van der Waals surface area contributed by atoms with Crippen molar-refractivity contribution in [3.63, 3.8) is 0 Å². The first kappa shape index (κ1) is 14.2. The lowest BCUT2D eigenvalue weighted by Crippen LogP contribution is -2.09. The lowest BCUT2D eigenvalue weighted by atomic mass is 10.0. The minimum Gasteiger partial charge on any atom is -0.281 e. The summed E-state index contributed by atoms with van der Waals surface area (Å²) in [5, 5.41) is 9.29. The molecule has 1 aliphatic heterocycles. The molecule has 0 saturated carbocycles. The predicted octanol–water partition coefficient (Wildman–Crippen LogP) is 3.83. The zero-order valence-corrected chi connectivity index (χ0v) is 13.5. The van der Waals surface area contributed by atoms with Crippen molar-refractivity contribution < 1.29 is 0 Å². The van der Waals surface area contributed by atoms with Crippen LogP contribution in [-0.2, 0) is 13.0 Å². The van der Waals surface area contributed by atoms with Crippen LogP contribution in [0.4, 0.5) is 0 Å². The second-order valence-electron chi connectivity index (χ2n) is 5.41. The average molecular weight is 323 g/mol. The number of aliphatic imine (C=N–C) groups is 1. The maximum absolute atomic E-state index is 6.26. The predicted molar refractivity (Wildman–Crippen MR) is 91.5 cm³/mol. The topological polar surface area (TPSA) is 43.1 Å². The van der Waals surface area contributed by atoms with E-state index in [1.165, 1.54) is 0 Å². The molecule has 0 unspecified atom stereocenters. The number of aryl methyl sites for hydroxylation is 1. The van der Waals surface area contributed by atoms with Gasteiger partial charge in [0.1, 0.15) is 12.4 Å². The number of fused-ring (bicyclic) bond motifs is 3. The van der Waals surface area contributed by atoms with Gasteiger partial charge in [-0.15, -0.1) is 10.2 Å². The maximum Gasteiger partial charge on any atom is 0.159 e. The Balaban J connectivity index is 2.00. The largest absolute Gasteiger partial charge is 0.281 e. The molecule has 0 radical (unpaired) electrons. The second kappa shape index (κ2) is 5.63. The van der Waals surface area contributed by atoms with E-state index in [2.05, 4.69) is 33.8 Å². The van der Waals surface area contributed by atoms with Crippen LogP contribution in [-0.4, -0.2) is 20.5 Å². The van der Waals surface area contributed by atoms with E-state index >= 15 is 0 Å². The van der Waals surface area contributed by atoms with E-state index in [-0.39, 0.29) is 0 Å². The molecule has 0 amide bonds. The molecule has 2 aromatic carbocycles. The Morgan fingerprint density at radius 3 is 2.70 bits per heavy atom. The van der Waals surface area contributed by atoms with Crippen molar-refractivity contribution in [2.45, 2.75) is 19.9 Å². The van der Waals surface area contributed by atoms with Gasteiger partial charge in [0.25, 0.3) is 0 Å². The molecule has 0 aliphatic carbocycles. The summed E-state index contributed by atoms with van der Waals surface area (Å²) in [7, 11) is 0. The van der Waals surface area contributed by atoms with Crippen molar-refractivity contribution in [1.29, 1.82) is 0 Å². The Labute approximate surface area is 139 Å². The molecule has 0 atom stereocenters. The highest BCUT2D eigenvalue weighted by atomic mass is 35.5. The monoisotopic (exact) mass is 322 g/mol. The van der Waals surface area contributed by atoms with Gasteiger partial charge in [-0.05, 0) is 18.2 Å². The third kappa shape index (κ3) is 2.35. The number of hydrogen-bond donors (Lipinski definition) is 0. The molecule has 23 heavy (non-hydrogen) atoms. The van der Waals surface area contributed by atoms with Gasteiger partial charge in [0.2, 0.25) is 0 Å². The summed E-state index contributed by atoms with van der Waals surface area (Å²) in [6, 6.07) is 16.1. The molecule has 0 saturated heterocycles. The van der Waals surface area contributed by atoms with Gasteiger partial charge in [-0.2, -0.15) is 0 Å². The minimum atomic E-state index is 0.503. The highest BCUT2D eigenvalue weighted by molar-refractivity contribution is 6.31. The summed E-state index contributed by atoms with van der Waals surface area (Å²) in [6.07, 6.45) is 0.815. The number of benzene rings is 2. The fourth-order valence-electron chi connectivity index (χ4n) is 2.93. The molecular formula is C18H15ClN4. The Hall–Kier alpha value is -2.46. The van der Waals surface area contributed by atoms with Crippen molar-refractivity contribution in [2.24, 2.45) is 4.99 Å². The third-order valence-corrected chi connectivity index (χ3v) is 4.23. The van der Waals surface area contributed by atoms with Crippen LogP contribution in [0.1, 0.15) is 29.7 Å². The van der Waals surface area contributed by atoms with Crippen molar-refractivity contribution in [3.05, 3.63) is 76.3 Å². The lowest BCUT2D eigenvalue weighted by molar-refractivity contribution is 0.839. The molecule has 0 N–H and O–H groups in total. The number of hydrogen-bond acceptors (Lipinski definition) is 3. The first-order valence-electron chi connectivity index (χ1n) is 7.61. The van der Waals surface area contributed by atoms with E-state index in [0.717, 1.165) is 40.6 Å². The molecule has 1 aliphatic rings. The third-order valence-electron chi connectivity index (χ3n) is 3.99. The summed E-state index contributed by atoms with van der Waals surface area (Å²) in [5.74, 6) is 1.80. The molecular weight excluding hydrogens is 308 g/mol. The highest BCUT2D eigenvalue weighted by Crippen LogP contribution is 2.28. The zero-order valence-electron chi connectivity index (χ0n) is 12.7. The van der Waals surface area contributed by atoms with Crippen LogP contribution < -0.4 is 0 Å². The molecule has 0 fully saturated rings. The van der Waals surface area contributed by atoms with E-state index in [1.807, 2.05) is 36.4 Å². The fraction of sp³-hybridized carbons (Fsp3) is 0.167. The van der Waals surface area contributed by atoms with Crippen molar-refractivity contribution in [1.82, 2.24) is 14.8 Å². The van der Waals surface area contributed by atoms with E-state index in [9.17, 15) is 0 Å². The number of aromatic nitrogens is 3. The highest BCUT2D eigenvalue weighted by Gasteiger charge is 2.22. The summed E-state index contributed by atoms with van der Waals surface area (Å²) in [5.41, 5.74) is 4.06. The molecule has 114 valence electrons. The van der Waals surface area contributed by atoms with E-state index in [1.54, 1.807) is 0 Å². The van der Waals surface area contributed by atoms with Gasteiger partial charge in [0.15, 0.2) is 5.82 Å². The number of nitrogens with zero attached hydrogens (tertiary/aromatic N) is 4. The van der Waals surface area contributed by atoms with Crippen LogP contribution in [0, 0.1) is 0 Å².